The first-order valence-corrected chi connectivity index (χ1v) is 12.7. The number of rotatable bonds is 12. The Labute approximate surface area is 203 Å². The molecular weight excluding hydrogens is 429 g/mol. The normalized spacial score (nSPS) is 17.7. The van der Waals surface area contributed by atoms with Gasteiger partial charge in [0.15, 0.2) is 0 Å². The van der Waals surface area contributed by atoms with E-state index in [1.54, 1.807) is 30.3 Å². The second kappa shape index (κ2) is 13.7. The summed E-state index contributed by atoms with van der Waals surface area (Å²) in [7, 11) is 0. The Bertz CT molecular complexity index is 943. The van der Waals surface area contributed by atoms with Crippen molar-refractivity contribution in [3.05, 3.63) is 59.4 Å². The van der Waals surface area contributed by atoms with Crippen molar-refractivity contribution >= 4 is 5.97 Å². The van der Waals surface area contributed by atoms with Gasteiger partial charge in [-0.25, -0.2) is 9.18 Å². The van der Waals surface area contributed by atoms with Gasteiger partial charge in [-0.05, 0) is 61.1 Å². The third kappa shape index (κ3) is 8.17. The molecule has 2 aromatic rings. The molecule has 5 heteroatoms. The highest BCUT2D eigenvalue weighted by Crippen LogP contribution is 2.32. The van der Waals surface area contributed by atoms with E-state index >= 15 is 0 Å². The zero-order valence-electron chi connectivity index (χ0n) is 20.2. The number of benzene rings is 2. The van der Waals surface area contributed by atoms with Gasteiger partial charge in [0, 0.05) is 6.07 Å². The molecule has 34 heavy (non-hydrogen) atoms. The maximum absolute atomic E-state index is 13.7. The summed E-state index contributed by atoms with van der Waals surface area (Å²) in [5.41, 5.74) is 0.264. The van der Waals surface area contributed by atoms with Crippen LogP contribution in [0.3, 0.4) is 0 Å². The van der Waals surface area contributed by atoms with Crippen LogP contribution in [0, 0.1) is 29.0 Å². The molecule has 0 heterocycles. The van der Waals surface area contributed by atoms with E-state index in [0.717, 1.165) is 17.7 Å². The zero-order chi connectivity index (χ0) is 24.2. The van der Waals surface area contributed by atoms with Gasteiger partial charge < -0.3 is 9.47 Å². The van der Waals surface area contributed by atoms with Gasteiger partial charge in [-0.3, -0.25) is 0 Å². The minimum atomic E-state index is -0.715. The fraction of sp³-hybridized carbons (Fsp3) is 0.517. The molecule has 3 rings (SSSR count). The van der Waals surface area contributed by atoms with Crippen LogP contribution in [0.2, 0.25) is 0 Å². The average molecular weight is 466 g/mol. The van der Waals surface area contributed by atoms with E-state index in [4.69, 9.17) is 14.7 Å². The number of hydrogen-bond acceptors (Lipinski definition) is 4. The Hall–Kier alpha value is -2.87. The van der Waals surface area contributed by atoms with E-state index < -0.39 is 11.8 Å². The summed E-state index contributed by atoms with van der Waals surface area (Å²) in [5, 5.41) is 8.79. The zero-order valence-corrected chi connectivity index (χ0v) is 20.2. The fourth-order valence-corrected chi connectivity index (χ4v) is 4.62. The molecule has 0 spiro atoms. The molecule has 182 valence electrons. The Kier molecular flexibility index (Phi) is 10.4. The number of unbranched alkanes of at least 4 members (excludes halogenated alkanes) is 5. The van der Waals surface area contributed by atoms with Crippen molar-refractivity contribution in [3.8, 4) is 17.6 Å². The molecule has 0 unspecified atom stereocenters. The number of esters is 1. The number of carbonyl (C=O) groups excluding carboxylic acids is 1. The topological polar surface area (TPSA) is 59.3 Å². The Morgan fingerprint density at radius 1 is 0.941 bits per heavy atom. The van der Waals surface area contributed by atoms with Crippen molar-refractivity contribution in [1.29, 1.82) is 5.26 Å². The summed E-state index contributed by atoms with van der Waals surface area (Å²) >= 11 is 0. The van der Waals surface area contributed by atoms with Crippen molar-refractivity contribution in [1.82, 2.24) is 0 Å². The minimum Gasteiger partial charge on any atom is -0.493 e. The summed E-state index contributed by atoms with van der Waals surface area (Å²) < 4.78 is 24.9. The van der Waals surface area contributed by atoms with E-state index in [0.29, 0.717) is 18.1 Å². The number of halogens is 1. The second-order valence-corrected chi connectivity index (χ2v) is 9.42. The predicted molar refractivity (Wildman–Crippen MR) is 131 cm³/mol. The number of nitriles is 1. The van der Waals surface area contributed by atoms with Crippen molar-refractivity contribution in [2.45, 2.75) is 77.6 Å². The number of carbonyl (C=O) groups is 1. The molecule has 0 bridgehead atoms. The Balaban J connectivity index is 1.35. The third-order valence-corrected chi connectivity index (χ3v) is 6.78. The smallest absolute Gasteiger partial charge is 0.343 e. The van der Waals surface area contributed by atoms with Crippen molar-refractivity contribution in [3.63, 3.8) is 0 Å². The van der Waals surface area contributed by atoms with Crippen LogP contribution in [0.5, 0.6) is 11.5 Å². The van der Waals surface area contributed by atoms with Crippen LogP contribution < -0.4 is 9.47 Å². The molecule has 0 aromatic heterocycles. The van der Waals surface area contributed by atoms with Crippen LogP contribution in [0.1, 0.15) is 93.5 Å². The van der Waals surface area contributed by atoms with Crippen LogP contribution in [-0.2, 0) is 0 Å². The molecule has 0 radical (unpaired) electrons. The van der Waals surface area contributed by atoms with Crippen LogP contribution >= 0.6 is 0 Å². The first-order chi connectivity index (χ1) is 16.6. The summed E-state index contributed by atoms with van der Waals surface area (Å²) in [5.74, 6) is 0.977. The van der Waals surface area contributed by atoms with Crippen LogP contribution in [-0.4, -0.2) is 12.6 Å². The molecule has 1 aliphatic carbocycles. The molecule has 4 nitrogen and oxygen atoms in total. The molecule has 2 aromatic carbocycles. The molecule has 0 amide bonds. The average Bonchev–Trinajstić information content (AvgIpc) is 2.86. The Morgan fingerprint density at radius 2 is 1.59 bits per heavy atom. The molecule has 1 fully saturated rings. The van der Waals surface area contributed by atoms with Crippen molar-refractivity contribution in [2.75, 3.05) is 6.61 Å². The highest BCUT2D eigenvalue weighted by atomic mass is 19.1. The van der Waals surface area contributed by atoms with Gasteiger partial charge in [-0.15, -0.1) is 0 Å². The van der Waals surface area contributed by atoms with E-state index in [2.05, 4.69) is 6.92 Å². The van der Waals surface area contributed by atoms with Gasteiger partial charge in [0.25, 0.3) is 0 Å². The summed E-state index contributed by atoms with van der Waals surface area (Å²) in [6.07, 6.45) is 14.7. The monoisotopic (exact) mass is 465 g/mol. The molecule has 0 N–H and O–H groups in total. The van der Waals surface area contributed by atoms with E-state index in [9.17, 15) is 9.18 Å². The first kappa shape index (κ1) is 25.7. The standard InChI is InChI=1S/C29H36FNO3/c1-2-3-4-5-6-7-8-22-9-11-23(12-10-22)21-33-26-16-13-24(14-17-26)29(32)34-27-18-15-25(20-31)28(30)19-27/h13-19,22-23H,2-12,21H2,1H3/t22-,23-. The minimum absolute atomic E-state index is 0.0638. The van der Waals surface area contributed by atoms with Gasteiger partial charge in [0.05, 0.1) is 17.7 Å². The van der Waals surface area contributed by atoms with E-state index in [-0.39, 0.29) is 11.3 Å². The summed E-state index contributed by atoms with van der Waals surface area (Å²) in [6.45, 7) is 2.97. The highest BCUT2D eigenvalue weighted by Gasteiger charge is 2.21. The second-order valence-electron chi connectivity index (χ2n) is 9.42. The number of ether oxygens (including phenoxy) is 2. The van der Waals surface area contributed by atoms with Crippen molar-refractivity contribution in [2.24, 2.45) is 11.8 Å². The molecule has 0 atom stereocenters. The Morgan fingerprint density at radius 3 is 2.26 bits per heavy atom. The molecule has 1 aliphatic rings. The fourth-order valence-electron chi connectivity index (χ4n) is 4.62. The lowest BCUT2D eigenvalue weighted by molar-refractivity contribution is 0.0734. The molecule has 0 saturated heterocycles. The van der Waals surface area contributed by atoms with Crippen LogP contribution in [0.4, 0.5) is 4.39 Å². The molecular formula is C29H36FNO3. The maximum atomic E-state index is 13.7. The lowest BCUT2D eigenvalue weighted by Crippen LogP contribution is -2.20. The number of hydrogen-bond donors (Lipinski definition) is 0. The largest absolute Gasteiger partial charge is 0.493 e. The molecule has 0 aliphatic heterocycles. The van der Waals surface area contributed by atoms with Gasteiger partial charge in [-0.1, -0.05) is 64.7 Å². The van der Waals surface area contributed by atoms with Crippen molar-refractivity contribution < 1.29 is 18.7 Å². The van der Waals surface area contributed by atoms with Gasteiger partial charge in [0.2, 0.25) is 0 Å². The molecule has 1 saturated carbocycles. The van der Waals surface area contributed by atoms with Crippen LogP contribution in [0.15, 0.2) is 42.5 Å². The summed E-state index contributed by atoms with van der Waals surface area (Å²) in [6, 6.07) is 12.3. The van der Waals surface area contributed by atoms with E-state index in [1.807, 2.05) is 0 Å². The first-order valence-electron chi connectivity index (χ1n) is 12.7. The SMILES string of the molecule is CCCCCCCC[C@H]1CC[C@H](COc2ccc(C(=O)Oc3ccc(C#N)c(F)c3)cc2)CC1. The highest BCUT2D eigenvalue weighted by molar-refractivity contribution is 5.91. The quantitative estimate of drug-likeness (QED) is 0.182. The van der Waals surface area contributed by atoms with Crippen LogP contribution in [0.25, 0.3) is 0 Å². The lowest BCUT2D eigenvalue weighted by Gasteiger charge is -2.28. The van der Waals surface area contributed by atoms with Gasteiger partial charge in [0.1, 0.15) is 23.4 Å². The lowest BCUT2D eigenvalue weighted by atomic mass is 9.80. The maximum Gasteiger partial charge on any atom is 0.343 e. The third-order valence-electron chi connectivity index (χ3n) is 6.78. The van der Waals surface area contributed by atoms with E-state index in [1.165, 1.54) is 82.8 Å². The summed E-state index contributed by atoms with van der Waals surface area (Å²) in [4.78, 5) is 12.3. The predicted octanol–water partition coefficient (Wildman–Crippen LogP) is 7.85. The van der Waals surface area contributed by atoms with Gasteiger partial charge in [-0.2, -0.15) is 5.26 Å². The number of nitrogens with zero attached hydrogens (tertiary/aromatic N) is 1. The van der Waals surface area contributed by atoms with Gasteiger partial charge >= 0.3 is 5.97 Å².